The van der Waals surface area contributed by atoms with Crippen LogP contribution < -0.4 is 5.73 Å². The molecule has 0 unspecified atom stereocenters. The number of carbonyl (C=O) groups excluding carboxylic acids is 1. The Balaban J connectivity index is 2.87. The highest BCUT2D eigenvalue weighted by molar-refractivity contribution is 5.74. The number of rotatable bonds is 5. The van der Waals surface area contributed by atoms with Crippen molar-refractivity contribution in [3.8, 4) is 0 Å². The van der Waals surface area contributed by atoms with Crippen molar-refractivity contribution < 1.29 is 4.79 Å². The summed E-state index contributed by atoms with van der Waals surface area (Å²) in [5.41, 5.74) is 7.58. The minimum absolute atomic E-state index is 0.0856. The molecule has 19 heavy (non-hydrogen) atoms. The molecule has 106 valence electrons. The van der Waals surface area contributed by atoms with E-state index in [0.717, 1.165) is 24.3 Å². The predicted molar refractivity (Wildman–Crippen MR) is 79.9 cm³/mol. The molecule has 2 N–H and O–H groups in total. The third-order valence-corrected chi connectivity index (χ3v) is 3.21. The highest BCUT2D eigenvalue weighted by atomic mass is 16.2. The normalized spacial score (nSPS) is 10.6. The SMILES string of the molecule is CCN(CC)C(=O)N(Cc1cccc(N)c1)C(C)C. The average molecular weight is 263 g/mol. The van der Waals surface area contributed by atoms with Gasteiger partial charge in [-0.1, -0.05) is 12.1 Å². The van der Waals surface area contributed by atoms with Crippen LogP contribution in [0, 0.1) is 0 Å². The lowest BCUT2D eigenvalue weighted by Crippen LogP contribution is -2.45. The summed E-state index contributed by atoms with van der Waals surface area (Å²) in [6.45, 7) is 10.1. The second-order valence-corrected chi connectivity index (χ2v) is 4.92. The average Bonchev–Trinajstić information content (AvgIpc) is 2.37. The molecule has 0 spiro atoms. The van der Waals surface area contributed by atoms with Gasteiger partial charge in [0.2, 0.25) is 0 Å². The van der Waals surface area contributed by atoms with Crippen LogP contribution in [0.1, 0.15) is 33.3 Å². The van der Waals surface area contributed by atoms with E-state index in [4.69, 9.17) is 5.73 Å². The zero-order valence-electron chi connectivity index (χ0n) is 12.4. The Kier molecular flexibility index (Phi) is 5.67. The van der Waals surface area contributed by atoms with Crippen LogP contribution >= 0.6 is 0 Å². The monoisotopic (exact) mass is 263 g/mol. The molecule has 4 nitrogen and oxygen atoms in total. The second kappa shape index (κ2) is 7.02. The Morgan fingerprint density at radius 2 is 1.89 bits per heavy atom. The molecule has 0 saturated heterocycles. The molecule has 0 fully saturated rings. The van der Waals surface area contributed by atoms with Crippen molar-refractivity contribution in [3.05, 3.63) is 29.8 Å². The van der Waals surface area contributed by atoms with Gasteiger partial charge in [-0.25, -0.2) is 4.79 Å². The molecule has 1 rings (SSSR count). The second-order valence-electron chi connectivity index (χ2n) is 4.92. The largest absolute Gasteiger partial charge is 0.399 e. The third-order valence-electron chi connectivity index (χ3n) is 3.21. The molecular formula is C15H25N3O. The van der Waals surface area contributed by atoms with Gasteiger partial charge in [-0.15, -0.1) is 0 Å². The fourth-order valence-electron chi connectivity index (χ4n) is 2.04. The van der Waals surface area contributed by atoms with Gasteiger partial charge in [-0.3, -0.25) is 0 Å². The molecule has 0 aliphatic carbocycles. The summed E-state index contributed by atoms with van der Waals surface area (Å²) < 4.78 is 0. The molecule has 1 aromatic rings. The van der Waals surface area contributed by atoms with E-state index in [2.05, 4.69) is 0 Å². The Morgan fingerprint density at radius 1 is 1.26 bits per heavy atom. The lowest BCUT2D eigenvalue weighted by Gasteiger charge is -2.32. The zero-order valence-corrected chi connectivity index (χ0v) is 12.4. The van der Waals surface area contributed by atoms with Gasteiger partial charge < -0.3 is 15.5 Å². The number of nitrogens with zero attached hydrogens (tertiary/aromatic N) is 2. The van der Waals surface area contributed by atoms with Gasteiger partial charge in [-0.05, 0) is 45.4 Å². The van der Waals surface area contributed by atoms with Crippen LogP contribution in [-0.2, 0) is 6.54 Å². The maximum Gasteiger partial charge on any atom is 0.320 e. The number of nitrogens with two attached hydrogens (primary N) is 1. The van der Waals surface area contributed by atoms with E-state index in [0.29, 0.717) is 6.54 Å². The molecule has 0 aromatic heterocycles. The molecule has 1 aromatic carbocycles. The first-order chi connectivity index (χ1) is 8.99. The quantitative estimate of drug-likeness (QED) is 0.830. The number of hydrogen-bond donors (Lipinski definition) is 1. The minimum Gasteiger partial charge on any atom is -0.399 e. The fourth-order valence-corrected chi connectivity index (χ4v) is 2.04. The molecule has 0 heterocycles. The maximum absolute atomic E-state index is 12.5. The van der Waals surface area contributed by atoms with Crippen molar-refractivity contribution in [2.24, 2.45) is 0 Å². The summed E-state index contributed by atoms with van der Waals surface area (Å²) in [5, 5.41) is 0. The van der Waals surface area contributed by atoms with E-state index in [1.165, 1.54) is 0 Å². The van der Waals surface area contributed by atoms with E-state index in [1.807, 2.05) is 61.8 Å². The molecule has 0 bridgehead atoms. The van der Waals surface area contributed by atoms with Gasteiger partial charge >= 0.3 is 6.03 Å². The number of nitrogen functional groups attached to an aromatic ring is 1. The number of hydrogen-bond acceptors (Lipinski definition) is 2. The lowest BCUT2D eigenvalue weighted by atomic mass is 10.1. The van der Waals surface area contributed by atoms with Crippen LogP contribution in [0.2, 0.25) is 0 Å². The van der Waals surface area contributed by atoms with Crippen molar-refractivity contribution >= 4 is 11.7 Å². The van der Waals surface area contributed by atoms with Crippen LogP contribution in [0.5, 0.6) is 0 Å². The Morgan fingerprint density at radius 3 is 2.37 bits per heavy atom. The van der Waals surface area contributed by atoms with Gasteiger partial charge in [0.15, 0.2) is 0 Å². The van der Waals surface area contributed by atoms with E-state index >= 15 is 0 Å². The smallest absolute Gasteiger partial charge is 0.320 e. The summed E-state index contributed by atoms with van der Waals surface area (Å²) in [6.07, 6.45) is 0. The number of carbonyl (C=O) groups is 1. The van der Waals surface area contributed by atoms with Gasteiger partial charge in [0.25, 0.3) is 0 Å². The van der Waals surface area contributed by atoms with E-state index in [-0.39, 0.29) is 12.1 Å². The summed E-state index contributed by atoms with van der Waals surface area (Å²) >= 11 is 0. The first-order valence-corrected chi connectivity index (χ1v) is 6.89. The maximum atomic E-state index is 12.5. The third kappa shape index (κ3) is 4.16. The summed E-state index contributed by atoms with van der Waals surface area (Å²) in [6, 6.07) is 7.95. The van der Waals surface area contributed by atoms with Crippen LogP contribution in [-0.4, -0.2) is 35.0 Å². The van der Waals surface area contributed by atoms with Gasteiger partial charge in [0, 0.05) is 31.4 Å². The van der Waals surface area contributed by atoms with E-state index in [1.54, 1.807) is 0 Å². The first kappa shape index (κ1) is 15.3. The van der Waals surface area contributed by atoms with Gasteiger partial charge in [0.05, 0.1) is 0 Å². The van der Waals surface area contributed by atoms with Crippen molar-refractivity contribution in [1.82, 2.24) is 9.80 Å². The minimum atomic E-state index is 0.0856. The Bertz CT molecular complexity index is 414. The molecule has 0 aliphatic rings. The molecule has 2 amide bonds. The number of benzene rings is 1. The standard InChI is InChI=1S/C15H25N3O/c1-5-17(6-2)15(19)18(12(3)4)11-13-8-7-9-14(16)10-13/h7-10,12H,5-6,11,16H2,1-4H3. The molecule has 0 aliphatic heterocycles. The van der Waals surface area contributed by atoms with Crippen LogP contribution in [0.4, 0.5) is 10.5 Å². The molecule has 0 saturated carbocycles. The van der Waals surface area contributed by atoms with Crippen LogP contribution in [0.15, 0.2) is 24.3 Å². The highest BCUT2D eigenvalue weighted by Crippen LogP contribution is 2.13. The summed E-state index contributed by atoms with van der Waals surface area (Å²) in [5.74, 6) is 0. The van der Waals surface area contributed by atoms with Crippen molar-refractivity contribution in [3.63, 3.8) is 0 Å². The summed E-state index contributed by atoms with van der Waals surface area (Å²) in [4.78, 5) is 16.2. The Hall–Kier alpha value is -1.71. The summed E-state index contributed by atoms with van der Waals surface area (Å²) in [7, 11) is 0. The van der Waals surface area contributed by atoms with Crippen molar-refractivity contribution in [2.75, 3.05) is 18.8 Å². The Labute approximate surface area is 116 Å². The van der Waals surface area contributed by atoms with E-state index < -0.39 is 0 Å². The zero-order chi connectivity index (χ0) is 14.4. The molecule has 0 atom stereocenters. The topological polar surface area (TPSA) is 49.6 Å². The molecular weight excluding hydrogens is 238 g/mol. The van der Waals surface area contributed by atoms with E-state index in [9.17, 15) is 4.79 Å². The van der Waals surface area contributed by atoms with Crippen molar-refractivity contribution in [1.29, 1.82) is 0 Å². The van der Waals surface area contributed by atoms with Gasteiger partial charge in [-0.2, -0.15) is 0 Å². The molecule has 0 radical (unpaired) electrons. The van der Waals surface area contributed by atoms with Crippen LogP contribution in [0.25, 0.3) is 0 Å². The predicted octanol–water partition coefficient (Wildman–Crippen LogP) is 2.94. The lowest BCUT2D eigenvalue weighted by molar-refractivity contribution is 0.141. The molecule has 4 heteroatoms. The first-order valence-electron chi connectivity index (χ1n) is 6.89. The van der Waals surface area contributed by atoms with Crippen molar-refractivity contribution in [2.45, 2.75) is 40.3 Å². The number of urea groups is 1. The highest BCUT2D eigenvalue weighted by Gasteiger charge is 2.21. The van der Waals surface area contributed by atoms with Crippen LogP contribution in [0.3, 0.4) is 0 Å². The fraction of sp³-hybridized carbons (Fsp3) is 0.533. The number of anilines is 1. The number of amides is 2. The van der Waals surface area contributed by atoms with Gasteiger partial charge in [0.1, 0.15) is 0 Å².